The lowest BCUT2D eigenvalue weighted by molar-refractivity contribution is 0.0950. The summed E-state index contributed by atoms with van der Waals surface area (Å²) in [5.41, 5.74) is 3.59. The Bertz CT molecular complexity index is 627. The van der Waals surface area contributed by atoms with Gasteiger partial charge in [-0.15, -0.1) is 0 Å². The minimum Gasteiger partial charge on any atom is -0.507 e. The standard InChI is InChI=1S/C14H13N3O3/c18-9-10-4-5-13(19)11(7-10)8-16-17-14(20)12-3-1-2-6-15-12/h1-8,18-19H,9H2,(H,17,20)/b16-8+. The number of phenols is 1. The lowest BCUT2D eigenvalue weighted by atomic mass is 10.1. The summed E-state index contributed by atoms with van der Waals surface area (Å²) in [5, 5.41) is 22.4. The summed E-state index contributed by atoms with van der Waals surface area (Å²) >= 11 is 0. The summed E-state index contributed by atoms with van der Waals surface area (Å²) < 4.78 is 0. The number of hydrazone groups is 1. The largest absolute Gasteiger partial charge is 0.507 e. The molecule has 0 saturated heterocycles. The smallest absolute Gasteiger partial charge is 0.289 e. The molecule has 102 valence electrons. The van der Waals surface area contributed by atoms with Crippen molar-refractivity contribution >= 4 is 12.1 Å². The second-order valence-corrected chi connectivity index (χ2v) is 3.97. The predicted molar refractivity (Wildman–Crippen MR) is 73.3 cm³/mol. The van der Waals surface area contributed by atoms with Crippen LogP contribution < -0.4 is 5.43 Å². The summed E-state index contributed by atoms with van der Waals surface area (Å²) in [5.74, 6) is -0.433. The van der Waals surface area contributed by atoms with Crippen LogP contribution >= 0.6 is 0 Å². The lowest BCUT2D eigenvalue weighted by Crippen LogP contribution is -2.18. The Morgan fingerprint density at radius 2 is 2.20 bits per heavy atom. The number of aromatic hydroxyl groups is 1. The van der Waals surface area contributed by atoms with Gasteiger partial charge in [0.15, 0.2) is 0 Å². The third kappa shape index (κ3) is 3.39. The Hall–Kier alpha value is -2.73. The third-order valence-corrected chi connectivity index (χ3v) is 2.54. The average molecular weight is 271 g/mol. The van der Waals surface area contributed by atoms with E-state index in [1.807, 2.05) is 0 Å². The second-order valence-electron chi connectivity index (χ2n) is 3.97. The number of benzene rings is 1. The van der Waals surface area contributed by atoms with E-state index in [1.54, 1.807) is 30.3 Å². The van der Waals surface area contributed by atoms with Crippen LogP contribution in [0.25, 0.3) is 0 Å². The summed E-state index contributed by atoms with van der Waals surface area (Å²) in [7, 11) is 0. The first-order valence-electron chi connectivity index (χ1n) is 5.88. The van der Waals surface area contributed by atoms with Crippen molar-refractivity contribution in [2.75, 3.05) is 0 Å². The van der Waals surface area contributed by atoms with Crippen molar-refractivity contribution in [2.24, 2.45) is 5.10 Å². The highest BCUT2D eigenvalue weighted by atomic mass is 16.3. The topological polar surface area (TPSA) is 94.8 Å². The average Bonchev–Trinajstić information content (AvgIpc) is 2.50. The number of hydrogen-bond donors (Lipinski definition) is 3. The molecule has 1 heterocycles. The van der Waals surface area contributed by atoms with E-state index < -0.39 is 5.91 Å². The van der Waals surface area contributed by atoms with E-state index >= 15 is 0 Å². The van der Waals surface area contributed by atoms with Crippen LogP contribution in [0.15, 0.2) is 47.7 Å². The molecule has 0 spiro atoms. The normalized spacial score (nSPS) is 10.7. The Morgan fingerprint density at radius 3 is 2.90 bits per heavy atom. The van der Waals surface area contributed by atoms with Crippen molar-refractivity contribution in [3.63, 3.8) is 0 Å². The second kappa shape index (κ2) is 6.44. The Morgan fingerprint density at radius 1 is 1.35 bits per heavy atom. The van der Waals surface area contributed by atoms with Crippen molar-refractivity contribution in [2.45, 2.75) is 6.61 Å². The van der Waals surface area contributed by atoms with Crippen LogP contribution in [0, 0.1) is 0 Å². The van der Waals surface area contributed by atoms with E-state index in [0.717, 1.165) is 0 Å². The highest BCUT2D eigenvalue weighted by molar-refractivity contribution is 5.93. The van der Waals surface area contributed by atoms with E-state index in [4.69, 9.17) is 5.11 Å². The molecule has 3 N–H and O–H groups in total. The summed E-state index contributed by atoms with van der Waals surface area (Å²) in [6.07, 6.45) is 2.81. The maximum atomic E-state index is 11.7. The number of aromatic nitrogens is 1. The van der Waals surface area contributed by atoms with Crippen LogP contribution in [0.5, 0.6) is 5.75 Å². The Balaban J connectivity index is 2.05. The number of aliphatic hydroxyl groups excluding tert-OH is 1. The van der Waals surface area contributed by atoms with Gasteiger partial charge in [0.2, 0.25) is 0 Å². The fourth-order valence-corrected chi connectivity index (χ4v) is 1.52. The summed E-state index contributed by atoms with van der Waals surface area (Å²) in [6.45, 7) is -0.137. The number of nitrogens with zero attached hydrogens (tertiary/aromatic N) is 2. The van der Waals surface area contributed by atoms with Gasteiger partial charge in [0.25, 0.3) is 5.91 Å². The Labute approximate surface area is 115 Å². The van der Waals surface area contributed by atoms with E-state index in [-0.39, 0.29) is 18.1 Å². The summed E-state index contributed by atoms with van der Waals surface area (Å²) in [4.78, 5) is 15.5. The molecular weight excluding hydrogens is 258 g/mol. The molecule has 1 aromatic carbocycles. The first-order chi connectivity index (χ1) is 9.70. The van der Waals surface area contributed by atoms with Gasteiger partial charge in [0.1, 0.15) is 11.4 Å². The van der Waals surface area contributed by atoms with Gasteiger partial charge >= 0.3 is 0 Å². The van der Waals surface area contributed by atoms with Gasteiger partial charge in [-0.2, -0.15) is 5.10 Å². The zero-order chi connectivity index (χ0) is 14.4. The van der Waals surface area contributed by atoms with Crippen molar-refractivity contribution in [1.29, 1.82) is 0 Å². The number of aliphatic hydroxyl groups is 1. The number of nitrogens with one attached hydrogen (secondary N) is 1. The fraction of sp³-hybridized carbons (Fsp3) is 0.0714. The molecule has 0 unspecified atom stereocenters. The SMILES string of the molecule is O=C(N/N=C/c1cc(CO)ccc1O)c1ccccn1. The Kier molecular flexibility index (Phi) is 4.41. The molecule has 1 amide bonds. The number of hydrogen-bond acceptors (Lipinski definition) is 5. The van der Waals surface area contributed by atoms with Gasteiger partial charge in [0, 0.05) is 11.8 Å². The van der Waals surface area contributed by atoms with Crippen LogP contribution in [0.4, 0.5) is 0 Å². The van der Waals surface area contributed by atoms with Crippen LogP contribution in [0.1, 0.15) is 21.6 Å². The van der Waals surface area contributed by atoms with Crippen molar-refractivity contribution in [1.82, 2.24) is 10.4 Å². The van der Waals surface area contributed by atoms with Gasteiger partial charge in [-0.1, -0.05) is 12.1 Å². The number of carbonyl (C=O) groups is 1. The highest BCUT2D eigenvalue weighted by Gasteiger charge is 2.04. The molecule has 0 aliphatic carbocycles. The number of phenolic OH excluding ortho intramolecular Hbond substituents is 1. The molecule has 6 nitrogen and oxygen atoms in total. The van der Waals surface area contributed by atoms with Crippen LogP contribution in [0.2, 0.25) is 0 Å². The third-order valence-electron chi connectivity index (χ3n) is 2.54. The molecule has 2 aromatic rings. The highest BCUT2D eigenvalue weighted by Crippen LogP contribution is 2.16. The molecule has 0 aliphatic heterocycles. The zero-order valence-electron chi connectivity index (χ0n) is 10.5. The quantitative estimate of drug-likeness (QED) is 0.572. The molecule has 6 heteroatoms. The van der Waals surface area contributed by atoms with Crippen molar-refractivity contribution < 1.29 is 15.0 Å². The van der Waals surface area contributed by atoms with Crippen LogP contribution in [-0.4, -0.2) is 27.3 Å². The molecule has 0 bridgehead atoms. The minimum atomic E-state index is -0.445. The molecule has 0 aliphatic rings. The molecule has 1 aromatic heterocycles. The van der Waals surface area contributed by atoms with E-state index in [1.165, 1.54) is 18.5 Å². The summed E-state index contributed by atoms with van der Waals surface area (Å²) in [6, 6.07) is 9.59. The van der Waals surface area contributed by atoms with E-state index in [2.05, 4.69) is 15.5 Å². The predicted octanol–water partition coefficient (Wildman–Crippen LogP) is 1.04. The molecule has 0 saturated carbocycles. The number of pyridine rings is 1. The van der Waals surface area contributed by atoms with Gasteiger partial charge < -0.3 is 10.2 Å². The molecule has 0 fully saturated rings. The van der Waals surface area contributed by atoms with E-state index in [9.17, 15) is 9.90 Å². The monoisotopic (exact) mass is 271 g/mol. The molecular formula is C14H13N3O3. The zero-order valence-corrected chi connectivity index (χ0v) is 10.5. The molecule has 2 rings (SSSR count). The van der Waals surface area contributed by atoms with Crippen LogP contribution in [-0.2, 0) is 6.61 Å². The van der Waals surface area contributed by atoms with Crippen molar-refractivity contribution in [3.05, 3.63) is 59.4 Å². The van der Waals surface area contributed by atoms with Crippen molar-refractivity contribution in [3.8, 4) is 5.75 Å². The fourth-order valence-electron chi connectivity index (χ4n) is 1.52. The maximum Gasteiger partial charge on any atom is 0.289 e. The molecule has 0 radical (unpaired) electrons. The van der Waals surface area contributed by atoms with Crippen LogP contribution in [0.3, 0.4) is 0 Å². The van der Waals surface area contributed by atoms with Gasteiger partial charge in [0.05, 0.1) is 12.8 Å². The number of amides is 1. The van der Waals surface area contributed by atoms with Gasteiger partial charge in [-0.3, -0.25) is 9.78 Å². The lowest BCUT2D eigenvalue weighted by Gasteiger charge is -2.02. The first kappa shape index (κ1) is 13.7. The van der Waals surface area contributed by atoms with E-state index in [0.29, 0.717) is 11.1 Å². The first-order valence-corrected chi connectivity index (χ1v) is 5.88. The molecule has 20 heavy (non-hydrogen) atoms. The number of rotatable bonds is 4. The van der Waals surface area contributed by atoms with Gasteiger partial charge in [-0.05, 0) is 29.8 Å². The number of carbonyl (C=O) groups excluding carboxylic acids is 1. The maximum absolute atomic E-state index is 11.7. The minimum absolute atomic E-state index is 0.0121. The molecule has 0 atom stereocenters. The van der Waals surface area contributed by atoms with Gasteiger partial charge in [-0.25, -0.2) is 5.43 Å².